The number of carbonyl (C=O) groups excluding carboxylic acids is 1. The number of nitrogens with zero attached hydrogens (tertiary/aromatic N) is 4. The van der Waals surface area contributed by atoms with Crippen molar-refractivity contribution in [2.24, 2.45) is 5.92 Å². The number of hydrogen-bond donors (Lipinski definition) is 1. The average molecular weight is 410 g/mol. The molecule has 2 aromatic heterocycles. The highest BCUT2D eigenvalue weighted by atomic mass is 35.5. The first kappa shape index (κ1) is 18.7. The summed E-state index contributed by atoms with van der Waals surface area (Å²) in [7, 11) is 0. The Bertz CT molecular complexity index is 1010. The molecule has 0 radical (unpaired) electrons. The summed E-state index contributed by atoms with van der Waals surface area (Å²) in [6, 6.07) is 6.70. The maximum atomic E-state index is 13.3. The summed E-state index contributed by atoms with van der Waals surface area (Å²) in [4.78, 5) is 22.3. The molecule has 0 bridgehead atoms. The fraction of sp³-hybridized carbons (Fsp3) is 0.333. The van der Waals surface area contributed by atoms with Gasteiger partial charge < -0.3 is 4.90 Å². The smallest absolute Gasteiger partial charge is 0.356 e. The van der Waals surface area contributed by atoms with Crippen molar-refractivity contribution in [3.05, 3.63) is 46.9 Å². The van der Waals surface area contributed by atoms with Crippen LogP contribution >= 0.6 is 11.6 Å². The number of H-pyrrole nitrogens is 1. The van der Waals surface area contributed by atoms with Gasteiger partial charge in [-0.2, -0.15) is 18.3 Å². The zero-order valence-corrected chi connectivity index (χ0v) is 15.3. The number of rotatable bonds is 3. The second-order valence-electron chi connectivity index (χ2n) is 6.62. The van der Waals surface area contributed by atoms with Gasteiger partial charge >= 0.3 is 6.18 Å². The van der Waals surface area contributed by atoms with Crippen LogP contribution in [-0.4, -0.2) is 39.0 Å². The fourth-order valence-electron chi connectivity index (χ4n) is 3.49. The van der Waals surface area contributed by atoms with Crippen molar-refractivity contribution in [2.75, 3.05) is 18.0 Å². The number of aromatic nitrogens is 4. The zero-order valence-electron chi connectivity index (χ0n) is 14.5. The Balaban J connectivity index is 1.55. The molecule has 3 heterocycles. The predicted molar refractivity (Wildman–Crippen MR) is 97.4 cm³/mol. The molecule has 1 N–H and O–H groups in total. The average Bonchev–Trinajstić information content (AvgIpc) is 3.13. The molecular formula is C18H15ClF3N5O. The number of aromatic amines is 1. The lowest BCUT2D eigenvalue weighted by Crippen LogP contribution is -2.37. The molecule has 1 aromatic carbocycles. The number of nitrogens with one attached hydrogen (secondary N) is 1. The number of Topliss-reactive ketones (excluding diaryl/α,β-unsaturated/α-hetero) is 1. The molecule has 1 saturated heterocycles. The van der Waals surface area contributed by atoms with Crippen LogP contribution in [0.1, 0.15) is 28.9 Å². The maximum Gasteiger partial charge on any atom is 0.435 e. The van der Waals surface area contributed by atoms with E-state index in [2.05, 4.69) is 20.2 Å². The Labute approximate surface area is 162 Å². The van der Waals surface area contributed by atoms with Crippen LogP contribution in [0.2, 0.25) is 5.02 Å². The molecule has 0 saturated carbocycles. The van der Waals surface area contributed by atoms with Crippen LogP contribution in [0.4, 0.5) is 19.0 Å². The molecule has 3 aromatic rings. The van der Waals surface area contributed by atoms with Gasteiger partial charge in [0.15, 0.2) is 17.1 Å². The van der Waals surface area contributed by atoms with E-state index in [-0.39, 0.29) is 28.6 Å². The monoisotopic (exact) mass is 409 g/mol. The third-order valence-corrected chi connectivity index (χ3v) is 5.15. The molecule has 0 amide bonds. The van der Waals surface area contributed by atoms with Crippen molar-refractivity contribution in [2.45, 2.75) is 19.0 Å². The van der Waals surface area contributed by atoms with E-state index in [0.717, 1.165) is 0 Å². The minimum atomic E-state index is -4.61. The highest BCUT2D eigenvalue weighted by Gasteiger charge is 2.38. The van der Waals surface area contributed by atoms with Crippen molar-refractivity contribution >= 4 is 34.2 Å². The van der Waals surface area contributed by atoms with Gasteiger partial charge in [-0.1, -0.05) is 11.6 Å². The van der Waals surface area contributed by atoms with Crippen LogP contribution in [0.3, 0.4) is 0 Å². The van der Waals surface area contributed by atoms with E-state index in [0.29, 0.717) is 36.5 Å². The topological polar surface area (TPSA) is 74.8 Å². The van der Waals surface area contributed by atoms with Gasteiger partial charge in [-0.15, -0.1) is 0 Å². The summed E-state index contributed by atoms with van der Waals surface area (Å²) in [6.07, 6.45) is -2.36. The molecular weight excluding hydrogens is 395 g/mol. The number of halogens is 4. The first-order chi connectivity index (χ1) is 13.3. The van der Waals surface area contributed by atoms with E-state index in [1.807, 2.05) is 0 Å². The number of hydrogen-bond acceptors (Lipinski definition) is 5. The number of benzene rings is 1. The molecule has 28 heavy (non-hydrogen) atoms. The summed E-state index contributed by atoms with van der Waals surface area (Å²) >= 11 is 5.85. The number of piperidine rings is 1. The van der Waals surface area contributed by atoms with Crippen LogP contribution in [0.5, 0.6) is 0 Å². The third kappa shape index (κ3) is 3.42. The maximum absolute atomic E-state index is 13.3. The molecule has 0 unspecified atom stereocenters. The molecule has 1 aliphatic rings. The molecule has 10 heteroatoms. The standard InChI is InChI=1S/C18H15ClF3N5O/c19-12-3-1-10(2-4-12)14(28)11-5-7-27(8-6-11)17-13-15(18(20,21)22)25-26-16(13)23-9-24-17/h1-4,9,11H,5-8H2,(H,23,24,25,26). The second-order valence-corrected chi connectivity index (χ2v) is 7.06. The second kappa shape index (κ2) is 7.05. The predicted octanol–water partition coefficient (Wildman–Crippen LogP) is 4.12. The number of anilines is 1. The van der Waals surface area contributed by atoms with Crippen LogP contribution in [0.15, 0.2) is 30.6 Å². The normalized spacial score (nSPS) is 15.9. The Morgan fingerprint density at radius 1 is 1.14 bits per heavy atom. The Morgan fingerprint density at radius 2 is 1.82 bits per heavy atom. The number of alkyl halides is 3. The van der Waals surface area contributed by atoms with E-state index in [1.54, 1.807) is 29.2 Å². The summed E-state index contributed by atoms with van der Waals surface area (Å²) < 4.78 is 39.8. The SMILES string of the molecule is O=C(c1ccc(Cl)cc1)C1CCN(c2ncnc3[nH]nc(C(F)(F)F)c23)CC1. The van der Waals surface area contributed by atoms with Crippen LogP contribution in [0.25, 0.3) is 11.0 Å². The largest absolute Gasteiger partial charge is 0.435 e. The molecule has 1 fully saturated rings. The molecule has 1 aliphatic heterocycles. The molecule has 0 aliphatic carbocycles. The van der Waals surface area contributed by atoms with Crippen molar-refractivity contribution in [1.29, 1.82) is 0 Å². The molecule has 6 nitrogen and oxygen atoms in total. The van der Waals surface area contributed by atoms with Gasteiger partial charge in [0.05, 0.1) is 5.39 Å². The van der Waals surface area contributed by atoms with Gasteiger partial charge in [0.2, 0.25) is 0 Å². The third-order valence-electron chi connectivity index (χ3n) is 4.90. The zero-order chi connectivity index (χ0) is 19.9. The van der Waals surface area contributed by atoms with E-state index in [9.17, 15) is 18.0 Å². The summed E-state index contributed by atoms with van der Waals surface area (Å²) in [5, 5.41) is 6.10. The van der Waals surface area contributed by atoms with Crippen molar-refractivity contribution in [1.82, 2.24) is 20.2 Å². The van der Waals surface area contributed by atoms with Gasteiger partial charge in [-0.25, -0.2) is 9.97 Å². The van der Waals surface area contributed by atoms with Crippen molar-refractivity contribution in [3.63, 3.8) is 0 Å². The lowest BCUT2D eigenvalue weighted by Gasteiger charge is -2.32. The highest BCUT2D eigenvalue weighted by molar-refractivity contribution is 6.30. The van der Waals surface area contributed by atoms with Crippen LogP contribution in [-0.2, 0) is 6.18 Å². The number of ketones is 1. The van der Waals surface area contributed by atoms with Crippen molar-refractivity contribution < 1.29 is 18.0 Å². The fourth-order valence-corrected chi connectivity index (χ4v) is 3.62. The Kier molecular flexibility index (Phi) is 4.70. The Morgan fingerprint density at radius 3 is 2.46 bits per heavy atom. The summed E-state index contributed by atoms with van der Waals surface area (Å²) in [5.41, 5.74) is -0.407. The number of fused-ring (bicyclic) bond motifs is 1. The van der Waals surface area contributed by atoms with Crippen LogP contribution < -0.4 is 4.90 Å². The van der Waals surface area contributed by atoms with Gasteiger partial charge in [0.25, 0.3) is 0 Å². The molecule has 0 atom stereocenters. The van der Waals surface area contributed by atoms with E-state index in [4.69, 9.17) is 11.6 Å². The van der Waals surface area contributed by atoms with E-state index >= 15 is 0 Å². The minimum Gasteiger partial charge on any atom is -0.356 e. The minimum absolute atomic E-state index is 0.0171. The molecule has 146 valence electrons. The van der Waals surface area contributed by atoms with Crippen LogP contribution in [0, 0.1) is 5.92 Å². The highest BCUT2D eigenvalue weighted by Crippen LogP contribution is 2.37. The number of carbonyl (C=O) groups is 1. The first-order valence-electron chi connectivity index (χ1n) is 8.65. The van der Waals surface area contributed by atoms with E-state index < -0.39 is 11.9 Å². The molecule has 4 rings (SSSR count). The van der Waals surface area contributed by atoms with Crippen molar-refractivity contribution in [3.8, 4) is 0 Å². The Hall–Kier alpha value is -2.68. The van der Waals surface area contributed by atoms with Gasteiger partial charge in [0, 0.05) is 29.6 Å². The van der Waals surface area contributed by atoms with Gasteiger partial charge in [0.1, 0.15) is 12.1 Å². The van der Waals surface area contributed by atoms with Gasteiger partial charge in [-0.05, 0) is 37.1 Å². The van der Waals surface area contributed by atoms with E-state index in [1.165, 1.54) is 6.33 Å². The van der Waals surface area contributed by atoms with Gasteiger partial charge in [-0.3, -0.25) is 9.89 Å². The summed E-state index contributed by atoms with van der Waals surface area (Å²) in [6.45, 7) is 0.831. The quantitative estimate of drug-likeness (QED) is 0.658. The molecule has 0 spiro atoms. The lowest BCUT2D eigenvalue weighted by atomic mass is 9.89. The summed E-state index contributed by atoms with van der Waals surface area (Å²) in [5.74, 6) is 0.00750. The first-order valence-corrected chi connectivity index (χ1v) is 9.03. The lowest BCUT2D eigenvalue weighted by molar-refractivity contribution is -0.139.